The lowest BCUT2D eigenvalue weighted by Gasteiger charge is -2.25. The van der Waals surface area contributed by atoms with E-state index in [0.717, 1.165) is 24.9 Å². The van der Waals surface area contributed by atoms with Gasteiger partial charge < -0.3 is 4.90 Å². The minimum absolute atomic E-state index is 0.00109. The number of rotatable bonds is 3. The summed E-state index contributed by atoms with van der Waals surface area (Å²) >= 11 is 0. The number of halogens is 1. The van der Waals surface area contributed by atoms with Crippen LogP contribution in [0.2, 0.25) is 0 Å². The Labute approximate surface area is 123 Å². The van der Waals surface area contributed by atoms with Gasteiger partial charge in [0.05, 0.1) is 6.04 Å². The first-order chi connectivity index (χ1) is 10.2. The highest BCUT2D eigenvalue weighted by Crippen LogP contribution is 2.33. The van der Waals surface area contributed by atoms with E-state index in [0.29, 0.717) is 12.2 Å². The van der Waals surface area contributed by atoms with Crippen molar-refractivity contribution in [3.8, 4) is 0 Å². The van der Waals surface area contributed by atoms with Crippen LogP contribution in [0.5, 0.6) is 0 Å². The van der Waals surface area contributed by atoms with Crippen molar-refractivity contribution in [1.82, 2.24) is 14.7 Å². The molecule has 0 aliphatic carbocycles. The van der Waals surface area contributed by atoms with E-state index in [1.165, 1.54) is 12.1 Å². The molecule has 1 aliphatic rings. The minimum atomic E-state index is -0.251. The van der Waals surface area contributed by atoms with Gasteiger partial charge in [-0.1, -0.05) is 12.1 Å². The quantitative estimate of drug-likeness (QED) is 0.870. The lowest BCUT2D eigenvalue weighted by Crippen LogP contribution is -2.32. The highest BCUT2D eigenvalue weighted by Gasteiger charge is 2.31. The summed E-state index contributed by atoms with van der Waals surface area (Å²) in [6, 6.07) is 8.22. The van der Waals surface area contributed by atoms with E-state index >= 15 is 0 Å². The molecule has 1 atom stereocenters. The number of nitrogens with zero attached hydrogens (tertiary/aromatic N) is 3. The van der Waals surface area contributed by atoms with Crippen LogP contribution in [0.1, 0.15) is 41.9 Å². The summed E-state index contributed by atoms with van der Waals surface area (Å²) in [5.74, 6) is -0.250. The Morgan fingerprint density at radius 2 is 2.10 bits per heavy atom. The molecule has 0 saturated carbocycles. The van der Waals surface area contributed by atoms with Crippen molar-refractivity contribution in [2.45, 2.75) is 32.4 Å². The molecule has 1 fully saturated rings. The van der Waals surface area contributed by atoms with Crippen LogP contribution < -0.4 is 0 Å². The second-order valence-corrected chi connectivity index (χ2v) is 5.24. The van der Waals surface area contributed by atoms with Crippen molar-refractivity contribution in [2.24, 2.45) is 0 Å². The van der Waals surface area contributed by atoms with Crippen molar-refractivity contribution in [2.75, 3.05) is 6.54 Å². The van der Waals surface area contributed by atoms with Gasteiger partial charge in [0.1, 0.15) is 11.5 Å². The molecule has 0 radical (unpaired) electrons. The Hall–Kier alpha value is -2.17. The van der Waals surface area contributed by atoms with E-state index in [9.17, 15) is 9.18 Å². The van der Waals surface area contributed by atoms with Gasteiger partial charge in [-0.3, -0.25) is 9.48 Å². The molecule has 5 heteroatoms. The van der Waals surface area contributed by atoms with Crippen LogP contribution in [0, 0.1) is 5.82 Å². The van der Waals surface area contributed by atoms with Crippen LogP contribution in [0.4, 0.5) is 4.39 Å². The van der Waals surface area contributed by atoms with Gasteiger partial charge in [-0.25, -0.2) is 4.39 Å². The largest absolute Gasteiger partial charge is 0.330 e. The standard InChI is InChI=1S/C16H18FN3O/c1-2-20-15(9-10-18-20)16(21)19-11-3-4-14(19)12-5-7-13(17)8-6-12/h5-10,14H,2-4,11H2,1H3. The smallest absolute Gasteiger partial charge is 0.272 e. The zero-order chi connectivity index (χ0) is 14.8. The lowest BCUT2D eigenvalue weighted by atomic mass is 10.0. The molecule has 1 saturated heterocycles. The molecule has 1 aromatic carbocycles. The Morgan fingerprint density at radius 3 is 2.81 bits per heavy atom. The third-order valence-corrected chi connectivity index (χ3v) is 4.00. The number of carbonyl (C=O) groups excluding carboxylic acids is 1. The van der Waals surface area contributed by atoms with E-state index in [-0.39, 0.29) is 17.8 Å². The number of benzene rings is 1. The number of hydrogen-bond acceptors (Lipinski definition) is 2. The van der Waals surface area contributed by atoms with E-state index in [2.05, 4.69) is 5.10 Å². The Balaban J connectivity index is 1.87. The minimum Gasteiger partial charge on any atom is -0.330 e. The van der Waals surface area contributed by atoms with Crippen molar-refractivity contribution in [3.05, 3.63) is 53.6 Å². The van der Waals surface area contributed by atoms with Gasteiger partial charge in [0.15, 0.2) is 0 Å². The molecule has 0 bridgehead atoms. The van der Waals surface area contributed by atoms with Crippen LogP contribution >= 0.6 is 0 Å². The first-order valence-corrected chi connectivity index (χ1v) is 7.29. The normalized spacial score (nSPS) is 18.2. The zero-order valence-electron chi connectivity index (χ0n) is 12.0. The van der Waals surface area contributed by atoms with Crippen LogP contribution in [0.15, 0.2) is 36.5 Å². The second-order valence-electron chi connectivity index (χ2n) is 5.24. The maximum atomic E-state index is 13.1. The molecule has 2 aromatic rings. The van der Waals surface area contributed by atoms with Crippen molar-refractivity contribution >= 4 is 5.91 Å². The van der Waals surface area contributed by atoms with Crippen LogP contribution in [0.25, 0.3) is 0 Å². The molecule has 1 amide bonds. The van der Waals surface area contributed by atoms with Crippen molar-refractivity contribution < 1.29 is 9.18 Å². The highest BCUT2D eigenvalue weighted by molar-refractivity contribution is 5.93. The molecule has 4 nitrogen and oxygen atoms in total. The fourth-order valence-corrected chi connectivity index (χ4v) is 2.95. The summed E-state index contributed by atoms with van der Waals surface area (Å²) in [4.78, 5) is 14.6. The Kier molecular flexibility index (Phi) is 3.73. The molecular formula is C16H18FN3O. The van der Waals surface area contributed by atoms with Crippen molar-refractivity contribution in [3.63, 3.8) is 0 Å². The molecule has 110 valence electrons. The average Bonchev–Trinajstić information content (AvgIpc) is 3.16. The van der Waals surface area contributed by atoms with E-state index in [4.69, 9.17) is 0 Å². The molecular weight excluding hydrogens is 269 g/mol. The summed E-state index contributed by atoms with van der Waals surface area (Å²) in [6.45, 7) is 3.37. The zero-order valence-corrected chi connectivity index (χ0v) is 12.0. The first kappa shape index (κ1) is 13.8. The van der Waals surface area contributed by atoms with Gasteiger partial charge in [0.25, 0.3) is 5.91 Å². The van der Waals surface area contributed by atoms with Gasteiger partial charge in [0, 0.05) is 19.3 Å². The number of amides is 1. The second kappa shape index (κ2) is 5.68. The molecule has 1 unspecified atom stereocenters. The fourth-order valence-electron chi connectivity index (χ4n) is 2.95. The number of aryl methyl sites for hydroxylation is 1. The molecule has 3 rings (SSSR count). The predicted octanol–water partition coefficient (Wildman–Crippen LogP) is 3.02. The molecule has 0 spiro atoms. The van der Waals surface area contributed by atoms with Gasteiger partial charge in [0.2, 0.25) is 0 Å². The van der Waals surface area contributed by atoms with Gasteiger partial charge in [-0.2, -0.15) is 5.10 Å². The monoisotopic (exact) mass is 287 g/mol. The molecule has 2 heterocycles. The van der Waals surface area contributed by atoms with Gasteiger partial charge >= 0.3 is 0 Å². The topological polar surface area (TPSA) is 38.1 Å². The van der Waals surface area contributed by atoms with Crippen molar-refractivity contribution in [1.29, 1.82) is 0 Å². The number of carbonyl (C=O) groups is 1. The third-order valence-electron chi connectivity index (χ3n) is 4.00. The summed E-state index contributed by atoms with van der Waals surface area (Å²) in [7, 11) is 0. The van der Waals surface area contributed by atoms with E-state index in [1.54, 1.807) is 29.1 Å². The fraction of sp³-hybridized carbons (Fsp3) is 0.375. The summed E-state index contributed by atoms with van der Waals surface area (Å²) < 4.78 is 14.8. The maximum absolute atomic E-state index is 13.1. The summed E-state index contributed by atoms with van der Waals surface area (Å²) in [5.41, 5.74) is 1.61. The lowest BCUT2D eigenvalue weighted by molar-refractivity contribution is 0.0723. The van der Waals surface area contributed by atoms with E-state index in [1.807, 2.05) is 11.8 Å². The van der Waals surface area contributed by atoms with Crippen LogP contribution in [-0.2, 0) is 6.54 Å². The maximum Gasteiger partial charge on any atom is 0.272 e. The molecule has 1 aromatic heterocycles. The Morgan fingerprint density at radius 1 is 1.33 bits per heavy atom. The SMILES string of the molecule is CCn1nccc1C(=O)N1CCCC1c1ccc(F)cc1. The van der Waals surface area contributed by atoms with Gasteiger partial charge in [-0.05, 0) is 43.5 Å². The predicted molar refractivity (Wildman–Crippen MR) is 77.3 cm³/mol. The average molecular weight is 287 g/mol. The molecule has 1 aliphatic heterocycles. The summed E-state index contributed by atoms with van der Waals surface area (Å²) in [6.07, 6.45) is 3.53. The summed E-state index contributed by atoms with van der Waals surface area (Å²) in [5, 5.41) is 4.16. The van der Waals surface area contributed by atoms with Crippen LogP contribution in [0.3, 0.4) is 0 Å². The van der Waals surface area contributed by atoms with Crippen LogP contribution in [-0.4, -0.2) is 27.1 Å². The highest BCUT2D eigenvalue weighted by atomic mass is 19.1. The first-order valence-electron chi connectivity index (χ1n) is 7.29. The number of hydrogen-bond donors (Lipinski definition) is 0. The van der Waals surface area contributed by atoms with E-state index < -0.39 is 0 Å². The third kappa shape index (κ3) is 2.55. The molecule has 0 N–H and O–H groups in total. The number of aromatic nitrogens is 2. The van der Waals surface area contributed by atoms with Gasteiger partial charge in [-0.15, -0.1) is 0 Å². The molecule has 21 heavy (non-hydrogen) atoms. The number of likely N-dealkylation sites (tertiary alicyclic amines) is 1. The Bertz CT molecular complexity index is 635.